The fraction of sp³-hybridized carbons (Fsp3) is 0.320. The zero-order valence-corrected chi connectivity index (χ0v) is 18.5. The molecule has 0 spiro atoms. The van der Waals surface area contributed by atoms with Crippen molar-refractivity contribution in [1.29, 1.82) is 0 Å². The lowest BCUT2D eigenvalue weighted by Gasteiger charge is -2.26. The highest BCUT2D eigenvalue weighted by molar-refractivity contribution is 6.31. The van der Waals surface area contributed by atoms with Gasteiger partial charge in [-0.15, -0.1) is 0 Å². The van der Waals surface area contributed by atoms with Crippen LogP contribution in [0.3, 0.4) is 0 Å². The minimum Gasteiger partial charge on any atom is -0.378 e. The van der Waals surface area contributed by atoms with Crippen LogP contribution in [0, 0.1) is 0 Å². The fourth-order valence-corrected chi connectivity index (χ4v) is 4.71. The highest BCUT2D eigenvalue weighted by Gasteiger charge is 2.31. The lowest BCUT2D eigenvalue weighted by Crippen LogP contribution is -2.37. The number of carbonyl (C=O) groups is 1. The van der Waals surface area contributed by atoms with E-state index in [9.17, 15) is 4.79 Å². The molecular formula is C25H25ClN4O2. The van der Waals surface area contributed by atoms with Gasteiger partial charge in [0, 0.05) is 48.2 Å². The van der Waals surface area contributed by atoms with E-state index >= 15 is 0 Å². The van der Waals surface area contributed by atoms with Gasteiger partial charge in [-0.05, 0) is 42.2 Å². The van der Waals surface area contributed by atoms with E-state index in [1.165, 1.54) is 0 Å². The Kier molecular flexibility index (Phi) is 6.06. The number of benzene rings is 2. The molecule has 1 atom stereocenters. The molecule has 2 saturated heterocycles. The van der Waals surface area contributed by atoms with Crippen LogP contribution < -0.4 is 4.90 Å². The second-order valence-corrected chi connectivity index (χ2v) is 8.53. The van der Waals surface area contributed by atoms with Gasteiger partial charge in [0.25, 0.3) is 5.91 Å². The van der Waals surface area contributed by atoms with Crippen LogP contribution in [0.2, 0.25) is 5.02 Å². The van der Waals surface area contributed by atoms with E-state index in [0.29, 0.717) is 23.8 Å². The third-order valence-electron chi connectivity index (χ3n) is 6.18. The van der Waals surface area contributed by atoms with Gasteiger partial charge in [-0.25, -0.2) is 9.97 Å². The molecule has 7 heteroatoms. The maximum absolute atomic E-state index is 13.3. The molecule has 3 heterocycles. The average molecular weight is 449 g/mol. The second-order valence-electron chi connectivity index (χ2n) is 8.13. The molecule has 0 N–H and O–H groups in total. The average Bonchev–Trinajstić information content (AvgIpc) is 3.34. The van der Waals surface area contributed by atoms with Crippen molar-refractivity contribution in [3.8, 4) is 11.1 Å². The summed E-state index contributed by atoms with van der Waals surface area (Å²) in [5.41, 5.74) is 3.61. The SMILES string of the molecule is O=C(c1ccc(-c2cnc(N3CCOCC3)nc2)cc1)N1CCC[C@@H]1c1ccccc1Cl. The van der Waals surface area contributed by atoms with Crippen molar-refractivity contribution in [3.63, 3.8) is 0 Å². The number of rotatable bonds is 4. The first-order valence-electron chi connectivity index (χ1n) is 11.0. The van der Waals surface area contributed by atoms with Gasteiger partial charge in [0.15, 0.2) is 0 Å². The van der Waals surface area contributed by atoms with Gasteiger partial charge in [-0.2, -0.15) is 0 Å². The fourth-order valence-electron chi connectivity index (χ4n) is 4.45. The van der Waals surface area contributed by atoms with Gasteiger partial charge in [0.2, 0.25) is 5.95 Å². The Labute approximate surface area is 192 Å². The van der Waals surface area contributed by atoms with Crippen molar-refractivity contribution in [2.45, 2.75) is 18.9 Å². The molecule has 3 aromatic rings. The summed E-state index contributed by atoms with van der Waals surface area (Å²) in [6.45, 7) is 3.76. The molecule has 0 bridgehead atoms. The van der Waals surface area contributed by atoms with E-state index in [0.717, 1.165) is 55.1 Å². The van der Waals surface area contributed by atoms with E-state index in [4.69, 9.17) is 16.3 Å². The van der Waals surface area contributed by atoms with Gasteiger partial charge < -0.3 is 14.5 Å². The predicted octanol–water partition coefficient (Wildman–Crippen LogP) is 4.61. The number of anilines is 1. The summed E-state index contributed by atoms with van der Waals surface area (Å²) >= 11 is 6.41. The van der Waals surface area contributed by atoms with Crippen molar-refractivity contribution < 1.29 is 9.53 Å². The van der Waals surface area contributed by atoms with Crippen molar-refractivity contribution in [1.82, 2.24) is 14.9 Å². The van der Waals surface area contributed by atoms with Crippen LogP contribution in [0.15, 0.2) is 60.9 Å². The number of hydrogen-bond donors (Lipinski definition) is 0. The summed E-state index contributed by atoms with van der Waals surface area (Å²) in [4.78, 5) is 26.4. The van der Waals surface area contributed by atoms with Crippen LogP contribution in [0.25, 0.3) is 11.1 Å². The number of halogens is 1. The van der Waals surface area contributed by atoms with Crippen LogP contribution in [0.1, 0.15) is 34.8 Å². The molecule has 164 valence electrons. The number of aromatic nitrogens is 2. The maximum Gasteiger partial charge on any atom is 0.254 e. The summed E-state index contributed by atoms with van der Waals surface area (Å²) in [5, 5.41) is 0.716. The molecule has 2 aliphatic rings. The Bertz CT molecular complexity index is 1080. The maximum atomic E-state index is 13.3. The standard InChI is InChI=1S/C25H25ClN4O2/c26-22-5-2-1-4-21(22)23-6-3-11-30(23)24(31)19-9-7-18(8-10-19)20-16-27-25(28-17-20)29-12-14-32-15-13-29/h1-2,4-5,7-10,16-17,23H,3,6,11-15H2/t23-/m1/s1. The normalized spacial score (nSPS) is 18.7. The molecule has 1 amide bonds. The minimum atomic E-state index is 0.0250. The summed E-state index contributed by atoms with van der Waals surface area (Å²) in [5.74, 6) is 0.765. The van der Waals surface area contributed by atoms with Gasteiger partial charge in [-0.1, -0.05) is 41.9 Å². The first-order chi connectivity index (χ1) is 15.7. The van der Waals surface area contributed by atoms with Crippen LogP contribution >= 0.6 is 11.6 Å². The van der Waals surface area contributed by atoms with Gasteiger partial charge in [-0.3, -0.25) is 4.79 Å². The zero-order valence-electron chi connectivity index (χ0n) is 17.8. The molecule has 0 radical (unpaired) electrons. The van der Waals surface area contributed by atoms with Gasteiger partial charge in [0.1, 0.15) is 0 Å². The molecule has 0 saturated carbocycles. The molecule has 1 aromatic heterocycles. The third kappa shape index (κ3) is 4.20. The summed E-state index contributed by atoms with van der Waals surface area (Å²) < 4.78 is 5.38. The molecule has 5 rings (SSSR count). The largest absolute Gasteiger partial charge is 0.378 e. The van der Waals surface area contributed by atoms with E-state index in [2.05, 4.69) is 14.9 Å². The molecule has 6 nitrogen and oxygen atoms in total. The lowest BCUT2D eigenvalue weighted by molar-refractivity contribution is 0.0736. The number of hydrogen-bond acceptors (Lipinski definition) is 5. The van der Waals surface area contributed by atoms with Crippen molar-refractivity contribution in [2.75, 3.05) is 37.7 Å². The first-order valence-corrected chi connectivity index (χ1v) is 11.4. The first kappa shape index (κ1) is 20.9. The zero-order chi connectivity index (χ0) is 21.9. The van der Waals surface area contributed by atoms with Crippen LogP contribution in [0.4, 0.5) is 5.95 Å². The number of ether oxygens (including phenoxy) is 1. The Morgan fingerprint density at radius 2 is 1.66 bits per heavy atom. The lowest BCUT2D eigenvalue weighted by atomic mass is 10.0. The smallest absolute Gasteiger partial charge is 0.254 e. The van der Waals surface area contributed by atoms with E-state index in [1.807, 2.05) is 65.8 Å². The highest BCUT2D eigenvalue weighted by atomic mass is 35.5. The van der Waals surface area contributed by atoms with Crippen LogP contribution in [0.5, 0.6) is 0 Å². The molecule has 0 unspecified atom stereocenters. The molecular weight excluding hydrogens is 424 g/mol. The molecule has 2 aliphatic heterocycles. The molecule has 0 aliphatic carbocycles. The topological polar surface area (TPSA) is 58.6 Å². The van der Waals surface area contributed by atoms with E-state index in [-0.39, 0.29) is 11.9 Å². The number of carbonyl (C=O) groups excluding carboxylic acids is 1. The quantitative estimate of drug-likeness (QED) is 0.583. The van der Waals surface area contributed by atoms with Crippen LogP contribution in [-0.2, 0) is 4.74 Å². The number of nitrogens with zero attached hydrogens (tertiary/aromatic N) is 4. The van der Waals surface area contributed by atoms with Crippen molar-refractivity contribution in [2.24, 2.45) is 0 Å². The number of morpholine rings is 1. The predicted molar refractivity (Wildman–Crippen MR) is 125 cm³/mol. The monoisotopic (exact) mass is 448 g/mol. The van der Waals surface area contributed by atoms with Crippen LogP contribution in [-0.4, -0.2) is 53.6 Å². The highest BCUT2D eigenvalue weighted by Crippen LogP contribution is 2.36. The Balaban J connectivity index is 1.31. The Morgan fingerprint density at radius 1 is 0.938 bits per heavy atom. The third-order valence-corrected chi connectivity index (χ3v) is 6.52. The molecule has 2 aromatic carbocycles. The van der Waals surface area contributed by atoms with Crippen molar-refractivity contribution >= 4 is 23.5 Å². The second kappa shape index (κ2) is 9.27. The van der Waals surface area contributed by atoms with Gasteiger partial charge >= 0.3 is 0 Å². The Hall–Kier alpha value is -2.96. The summed E-state index contributed by atoms with van der Waals surface area (Å²) in [6.07, 6.45) is 5.58. The van der Waals surface area contributed by atoms with E-state index < -0.39 is 0 Å². The minimum absolute atomic E-state index is 0.0250. The molecule has 32 heavy (non-hydrogen) atoms. The number of likely N-dealkylation sites (tertiary alicyclic amines) is 1. The van der Waals surface area contributed by atoms with Gasteiger partial charge in [0.05, 0.1) is 19.3 Å². The number of amides is 1. The molecule has 2 fully saturated rings. The van der Waals surface area contributed by atoms with E-state index in [1.54, 1.807) is 0 Å². The summed E-state index contributed by atoms with van der Waals surface area (Å²) in [6, 6.07) is 15.5. The van der Waals surface area contributed by atoms with Crippen molar-refractivity contribution in [3.05, 3.63) is 77.1 Å². The summed E-state index contributed by atoms with van der Waals surface area (Å²) in [7, 11) is 0. The Morgan fingerprint density at radius 3 is 2.38 bits per heavy atom.